The van der Waals surface area contributed by atoms with Crippen LogP contribution in [0.5, 0.6) is 11.5 Å². The van der Waals surface area contributed by atoms with Gasteiger partial charge in [-0.05, 0) is 24.3 Å². The maximum Gasteiger partial charge on any atom is 0.344 e. The van der Waals surface area contributed by atoms with Gasteiger partial charge in [-0.3, -0.25) is 10.2 Å². The Morgan fingerprint density at radius 2 is 1.92 bits per heavy atom. The summed E-state index contributed by atoms with van der Waals surface area (Å²) in [6.07, 6.45) is -0.932. The molecule has 3 rings (SSSR count). The van der Waals surface area contributed by atoms with Crippen molar-refractivity contribution in [1.82, 2.24) is 10.9 Å². The summed E-state index contributed by atoms with van der Waals surface area (Å²) < 4.78 is 29.2. The number of esters is 1. The van der Waals surface area contributed by atoms with E-state index in [9.17, 15) is 14.0 Å². The van der Waals surface area contributed by atoms with Crippen molar-refractivity contribution in [3.8, 4) is 11.5 Å². The highest BCUT2D eigenvalue weighted by Crippen LogP contribution is 2.40. The second-order valence-corrected chi connectivity index (χ2v) is 5.13. The molecule has 1 atom stereocenters. The molecular formula is C17H15FN2O5. The molecule has 130 valence electrons. The monoisotopic (exact) mass is 346 g/mol. The van der Waals surface area contributed by atoms with E-state index < -0.39 is 23.9 Å². The highest BCUT2D eigenvalue weighted by atomic mass is 19.1. The van der Waals surface area contributed by atoms with Crippen LogP contribution in [0.2, 0.25) is 0 Å². The van der Waals surface area contributed by atoms with E-state index in [-0.39, 0.29) is 16.9 Å². The molecule has 0 fully saturated rings. The topological polar surface area (TPSA) is 85.9 Å². The zero-order valence-electron chi connectivity index (χ0n) is 13.5. The van der Waals surface area contributed by atoms with Crippen LogP contribution in [0.4, 0.5) is 4.39 Å². The van der Waals surface area contributed by atoms with Crippen LogP contribution in [-0.4, -0.2) is 26.1 Å². The van der Waals surface area contributed by atoms with Gasteiger partial charge in [0.1, 0.15) is 11.4 Å². The van der Waals surface area contributed by atoms with E-state index in [2.05, 4.69) is 10.9 Å². The molecule has 2 aromatic carbocycles. The minimum atomic E-state index is -0.932. The van der Waals surface area contributed by atoms with Crippen molar-refractivity contribution < 1.29 is 28.2 Å². The molecule has 0 aliphatic carbocycles. The van der Waals surface area contributed by atoms with Gasteiger partial charge in [-0.1, -0.05) is 12.1 Å². The molecule has 0 unspecified atom stereocenters. The predicted octanol–water partition coefficient (Wildman–Crippen LogP) is 1.95. The number of rotatable bonds is 5. The fourth-order valence-electron chi connectivity index (χ4n) is 2.55. The zero-order valence-corrected chi connectivity index (χ0v) is 13.5. The first kappa shape index (κ1) is 16.7. The van der Waals surface area contributed by atoms with Gasteiger partial charge in [0.2, 0.25) is 0 Å². The molecular weight excluding hydrogens is 331 g/mol. The molecule has 8 heteroatoms. The number of carbonyl (C=O) groups is 2. The third-order valence-electron chi connectivity index (χ3n) is 3.72. The number of hydrazine groups is 1. The van der Waals surface area contributed by atoms with Gasteiger partial charge < -0.3 is 14.2 Å². The lowest BCUT2D eigenvalue weighted by molar-refractivity contribution is 0.0259. The Hall–Kier alpha value is -3.13. The van der Waals surface area contributed by atoms with Crippen LogP contribution in [0.3, 0.4) is 0 Å². The lowest BCUT2D eigenvalue weighted by Crippen LogP contribution is -2.40. The first-order valence-electron chi connectivity index (χ1n) is 7.33. The van der Waals surface area contributed by atoms with Gasteiger partial charge in [-0.15, -0.1) is 0 Å². The largest absolute Gasteiger partial charge is 0.493 e. The van der Waals surface area contributed by atoms with Crippen molar-refractivity contribution in [3.05, 3.63) is 58.9 Å². The van der Waals surface area contributed by atoms with Gasteiger partial charge >= 0.3 is 5.97 Å². The molecule has 0 radical (unpaired) electrons. The van der Waals surface area contributed by atoms with Crippen molar-refractivity contribution in [2.45, 2.75) is 6.23 Å². The number of carbonyl (C=O) groups excluding carboxylic acids is 2. The van der Waals surface area contributed by atoms with Gasteiger partial charge in [-0.2, -0.15) is 5.43 Å². The number of amides is 1. The van der Waals surface area contributed by atoms with E-state index in [0.29, 0.717) is 11.3 Å². The van der Waals surface area contributed by atoms with Crippen molar-refractivity contribution in [2.24, 2.45) is 0 Å². The summed E-state index contributed by atoms with van der Waals surface area (Å²) in [5, 5.41) is 0. The maximum atomic E-state index is 13.6. The molecule has 2 N–H and O–H groups in total. The summed E-state index contributed by atoms with van der Waals surface area (Å²) in [5.41, 5.74) is 5.45. The normalized spacial score (nSPS) is 15.3. The van der Waals surface area contributed by atoms with E-state index in [0.717, 1.165) is 0 Å². The van der Waals surface area contributed by atoms with E-state index in [1.807, 2.05) is 0 Å². The summed E-state index contributed by atoms with van der Waals surface area (Å²) in [4.78, 5) is 24.2. The van der Waals surface area contributed by atoms with E-state index in [1.165, 1.54) is 32.4 Å². The molecule has 1 heterocycles. The van der Waals surface area contributed by atoms with Gasteiger partial charge in [-0.25, -0.2) is 9.18 Å². The number of ether oxygens (including phenoxy) is 3. The molecule has 1 amide bonds. The minimum Gasteiger partial charge on any atom is -0.493 e. The smallest absolute Gasteiger partial charge is 0.344 e. The summed E-state index contributed by atoms with van der Waals surface area (Å²) in [6.45, 7) is 0. The second-order valence-electron chi connectivity index (χ2n) is 5.13. The molecule has 0 spiro atoms. The lowest BCUT2D eigenvalue weighted by atomic mass is 10.1. The molecule has 1 aliphatic heterocycles. The molecule has 1 aliphatic rings. The molecule has 25 heavy (non-hydrogen) atoms. The van der Waals surface area contributed by atoms with Gasteiger partial charge in [0.15, 0.2) is 17.7 Å². The standard InChI is InChI=1S/C17H15FN2O5/c1-23-12-8-7-10-13(14(12)24-2)17(22)25-16(10)20-19-15(21)9-5-3-4-6-11(9)18/h3-8,16,20H,1-2H3,(H,19,21)/t16-/m0/s1. The van der Waals surface area contributed by atoms with Crippen LogP contribution in [0, 0.1) is 5.82 Å². The number of methoxy groups -OCH3 is 2. The predicted molar refractivity (Wildman–Crippen MR) is 84.7 cm³/mol. The van der Waals surface area contributed by atoms with Crippen molar-refractivity contribution in [2.75, 3.05) is 14.2 Å². The highest BCUT2D eigenvalue weighted by Gasteiger charge is 2.36. The fraction of sp³-hybridized carbons (Fsp3) is 0.176. The van der Waals surface area contributed by atoms with Crippen LogP contribution in [-0.2, 0) is 4.74 Å². The number of benzene rings is 2. The summed E-state index contributed by atoms with van der Waals surface area (Å²) in [7, 11) is 2.86. The van der Waals surface area contributed by atoms with Crippen LogP contribution in [0.25, 0.3) is 0 Å². The molecule has 0 saturated carbocycles. The second kappa shape index (κ2) is 6.78. The van der Waals surface area contributed by atoms with Gasteiger partial charge in [0, 0.05) is 5.56 Å². The number of nitrogens with one attached hydrogen (secondary N) is 2. The average molecular weight is 346 g/mol. The van der Waals surface area contributed by atoms with E-state index in [1.54, 1.807) is 18.2 Å². The number of halogens is 1. The first-order chi connectivity index (χ1) is 12.1. The van der Waals surface area contributed by atoms with Crippen LogP contribution >= 0.6 is 0 Å². The number of fused-ring (bicyclic) bond motifs is 1. The summed E-state index contributed by atoms with van der Waals surface area (Å²) in [5.74, 6) is -1.34. The quantitative estimate of drug-likeness (QED) is 0.636. The molecule has 7 nitrogen and oxygen atoms in total. The number of hydrogen-bond acceptors (Lipinski definition) is 6. The Kier molecular flexibility index (Phi) is 4.53. The van der Waals surface area contributed by atoms with Crippen molar-refractivity contribution in [1.29, 1.82) is 0 Å². The lowest BCUT2D eigenvalue weighted by Gasteiger charge is -2.15. The third-order valence-corrected chi connectivity index (χ3v) is 3.72. The number of cyclic esters (lactones) is 1. The van der Waals surface area contributed by atoms with Gasteiger partial charge in [0.05, 0.1) is 19.8 Å². The molecule has 0 aromatic heterocycles. The molecule has 2 aromatic rings. The SMILES string of the molecule is COc1ccc2c(c1OC)C(=O)O[C@@H]2NNC(=O)c1ccccc1F. The Morgan fingerprint density at radius 1 is 1.16 bits per heavy atom. The van der Waals surface area contributed by atoms with Crippen molar-refractivity contribution in [3.63, 3.8) is 0 Å². The molecule has 0 saturated heterocycles. The van der Waals surface area contributed by atoms with Crippen LogP contribution < -0.4 is 20.3 Å². The maximum absolute atomic E-state index is 13.6. The Bertz CT molecular complexity index is 840. The van der Waals surface area contributed by atoms with Gasteiger partial charge in [0.25, 0.3) is 5.91 Å². The summed E-state index contributed by atoms with van der Waals surface area (Å²) >= 11 is 0. The fourth-order valence-corrected chi connectivity index (χ4v) is 2.55. The third kappa shape index (κ3) is 2.99. The summed E-state index contributed by atoms with van der Waals surface area (Å²) in [6, 6.07) is 8.78. The van der Waals surface area contributed by atoms with E-state index in [4.69, 9.17) is 14.2 Å². The Balaban J connectivity index is 1.80. The zero-order chi connectivity index (χ0) is 18.0. The average Bonchev–Trinajstić information content (AvgIpc) is 2.95. The Morgan fingerprint density at radius 3 is 2.60 bits per heavy atom. The first-order valence-corrected chi connectivity index (χ1v) is 7.33. The highest BCUT2D eigenvalue weighted by molar-refractivity contribution is 5.98. The Labute approximate surface area is 142 Å². The minimum absolute atomic E-state index is 0.133. The van der Waals surface area contributed by atoms with E-state index >= 15 is 0 Å². The van der Waals surface area contributed by atoms with Crippen molar-refractivity contribution >= 4 is 11.9 Å². The van der Waals surface area contributed by atoms with Crippen LogP contribution in [0.15, 0.2) is 36.4 Å². The number of hydrogen-bond donors (Lipinski definition) is 2. The van der Waals surface area contributed by atoms with Crippen LogP contribution in [0.1, 0.15) is 32.5 Å². The molecule has 0 bridgehead atoms.